The summed E-state index contributed by atoms with van der Waals surface area (Å²) in [5.41, 5.74) is 0. The van der Waals surface area contributed by atoms with Gasteiger partial charge in [-0.05, 0) is 31.1 Å². The molecule has 0 aromatic heterocycles. The first-order valence-corrected chi connectivity index (χ1v) is 7.04. The molecule has 2 unspecified atom stereocenters. The SMILES string of the molecule is CCCCC(=O)N1CCCC(C(C)CC(=O)O)C1. The largest absolute Gasteiger partial charge is 0.481 e. The summed E-state index contributed by atoms with van der Waals surface area (Å²) in [5, 5.41) is 8.83. The van der Waals surface area contributed by atoms with Crippen LogP contribution in [0.2, 0.25) is 0 Å². The van der Waals surface area contributed by atoms with Gasteiger partial charge >= 0.3 is 5.97 Å². The van der Waals surface area contributed by atoms with Gasteiger partial charge in [-0.1, -0.05) is 20.3 Å². The van der Waals surface area contributed by atoms with E-state index in [0.29, 0.717) is 12.3 Å². The number of rotatable bonds is 6. The summed E-state index contributed by atoms with van der Waals surface area (Å²) < 4.78 is 0. The van der Waals surface area contributed by atoms with Crippen LogP contribution < -0.4 is 0 Å². The van der Waals surface area contributed by atoms with Gasteiger partial charge in [-0.25, -0.2) is 0 Å². The molecular formula is C14H25NO3. The zero-order chi connectivity index (χ0) is 13.5. The van der Waals surface area contributed by atoms with Gasteiger partial charge in [0.2, 0.25) is 5.91 Å². The van der Waals surface area contributed by atoms with Crippen LogP contribution in [0.3, 0.4) is 0 Å². The summed E-state index contributed by atoms with van der Waals surface area (Å²) >= 11 is 0. The molecule has 1 rings (SSSR count). The fourth-order valence-electron chi connectivity index (χ4n) is 2.63. The molecule has 4 nitrogen and oxygen atoms in total. The van der Waals surface area contributed by atoms with E-state index in [4.69, 9.17) is 5.11 Å². The Labute approximate surface area is 109 Å². The number of unbranched alkanes of at least 4 members (excludes halogenated alkanes) is 1. The standard InChI is InChI=1S/C14H25NO3/c1-3-4-7-13(16)15-8-5-6-12(10-15)11(2)9-14(17)18/h11-12H,3-10H2,1-2H3,(H,17,18). The first kappa shape index (κ1) is 15.0. The van der Waals surface area contributed by atoms with Gasteiger partial charge in [0.1, 0.15) is 0 Å². The molecule has 1 amide bonds. The molecule has 18 heavy (non-hydrogen) atoms. The van der Waals surface area contributed by atoms with Gasteiger partial charge in [-0.15, -0.1) is 0 Å². The average molecular weight is 255 g/mol. The molecule has 4 heteroatoms. The summed E-state index contributed by atoms with van der Waals surface area (Å²) in [6.07, 6.45) is 4.89. The third-order valence-electron chi connectivity index (χ3n) is 3.86. The number of hydrogen-bond acceptors (Lipinski definition) is 2. The number of hydrogen-bond donors (Lipinski definition) is 1. The van der Waals surface area contributed by atoms with E-state index in [1.54, 1.807) is 0 Å². The van der Waals surface area contributed by atoms with E-state index in [-0.39, 0.29) is 18.2 Å². The molecule has 1 aliphatic rings. The summed E-state index contributed by atoms with van der Waals surface area (Å²) in [4.78, 5) is 24.6. The van der Waals surface area contributed by atoms with E-state index in [9.17, 15) is 9.59 Å². The molecule has 0 aromatic carbocycles. The topological polar surface area (TPSA) is 57.6 Å². The molecule has 1 fully saturated rings. The van der Waals surface area contributed by atoms with Crippen molar-refractivity contribution in [2.45, 2.75) is 52.4 Å². The van der Waals surface area contributed by atoms with E-state index in [0.717, 1.165) is 38.8 Å². The second-order valence-electron chi connectivity index (χ2n) is 5.42. The third kappa shape index (κ3) is 4.67. The Kier molecular flexibility index (Phi) is 6.16. The van der Waals surface area contributed by atoms with Crippen LogP contribution >= 0.6 is 0 Å². The minimum absolute atomic E-state index is 0.157. The van der Waals surface area contributed by atoms with E-state index in [2.05, 4.69) is 6.92 Å². The van der Waals surface area contributed by atoms with Crippen molar-refractivity contribution in [2.24, 2.45) is 11.8 Å². The Hall–Kier alpha value is -1.06. The molecule has 104 valence electrons. The van der Waals surface area contributed by atoms with Crippen molar-refractivity contribution in [2.75, 3.05) is 13.1 Å². The first-order chi connectivity index (χ1) is 8.54. The van der Waals surface area contributed by atoms with E-state index >= 15 is 0 Å². The lowest BCUT2D eigenvalue weighted by atomic mass is 9.84. The highest BCUT2D eigenvalue weighted by Gasteiger charge is 2.27. The third-order valence-corrected chi connectivity index (χ3v) is 3.86. The summed E-state index contributed by atoms with van der Waals surface area (Å²) in [6, 6.07) is 0. The molecule has 1 saturated heterocycles. The van der Waals surface area contributed by atoms with Gasteiger partial charge in [-0.3, -0.25) is 9.59 Å². The molecule has 2 atom stereocenters. The Morgan fingerprint density at radius 1 is 1.44 bits per heavy atom. The van der Waals surface area contributed by atoms with Gasteiger partial charge in [0.05, 0.1) is 0 Å². The maximum Gasteiger partial charge on any atom is 0.303 e. The van der Waals surface area contributed by atoms with Crippen molar-refractivity contribution in [1.82, 2.24) is 4.90 Å². The fraction of sp³-hybridized carbons (Fsp3) is 0.857. The number of carbonyl (C=O) groups excluding carboxylic acids is 1. The number of carbonyl (C=O) groups is 2. The molecule has 0 aromatic rings. The summed E-state index contributed by atoms with van der Waals surface area (Å²) in [5.74, 6) is 0.00529. The lowest BCUT2D eigenvalue weighted by Gasteiger charge is -2.35. The second-order valence-corrected chi connectivity index (χ2v) is 5.42. The average Bonchev–Trinajstić information content (AvgIpc) is 2.35. The minimum Gasteiger partial charge on any atom is -0.481 e. The van der Waals surface area contributed by atoms with Gasteiger partial charge in [0.15, 0.2) is 0 Å². The molecule has 0 spiro atoms. The first-order valence-electron chi connectivity index (χ1n) is 7.04. The lowest BCUT2D eigenvalue weighted by Crippen LogP contribution is -2.41. The highest BCUT2D eigenvalue weighted by Crippen LogP contribution is 2.26. The number of nitrogens with zero attached hydrogens (tertiary/aromatic N) is 1. The van der Waals surface area contributed by atoms with Crippen LogP contribution in [-0.4, -0.2) is 35.0 Å². The van der Waals surface area contributed by atoms with Crippen LogP contribution in [0.15, 0.2) is 0 Å². The number of carboxylic acids is 1. The van der Waals surface area contributed by atoms with Crippen molar-refractivity contribution in [3.63, 3.8) is 0 Å². The van der Waals surface area contributed by atoms with Crippen LogP contribution in [0, 0.1) is 11.8 Å². The van der Waals surface area contributed by atoms with Crippen LogP contribution in [0.4, 0.5) is 0 Å². The number of amides is 1. The molecule has 0 aliphatic carbocycles. The molecule has 1 aliphatic heterocycles. The molecule has 0 saturated carbocycles. The van der Waals surface area contributed by atoms with Gasteiger partial charge in [0.25, 0.3) is 0 Å². The van der Waals surface area contributed by atoms with Gasteiger partial charge in [-0.2, -0.15) is 0 Å². The summed E-state index contributed by atoms with van der Waals surface area (Å²) in [6.45, 7) is 5.66. The number of piperidine rings is 1. The minimum atomic E-state index is -0.739. The Morgan fingerprint density at radius 3 is 2.78 bits per heavy atom. The molecule has 0 bridgehead atoms. The molecule has 1 N–H and O–H groups in total. The fourth-order valence-corrected chi connectivity index (χ4v) is 2.63. The molecule has 0 radical (unpaired) electrons. The Balaban J connectivity index is 2.44. The zero-order valence-corrected chi connectivity index (χ0v) is 11.5. The van der Waals surface area contributed by atoms with Gasteiger partial charge < -0.3 is 10.0 Å². The van der Waals surface area contributed by atoms with Crippen molar-refractivity contribution < 1.29 is 14.7 Å². The predicted octanol–water partition coefficient (Wildman–Crippen LogP) is 2.53. The van der Waals surface area contributed by atoms with E-state index in [1.165, 1.54) is 0 Å². The van der Waals surface area contributed by atoms with Crippen LogP contribution in [0.25, 0.3) is 0 Å². The maximum absolute atomic E-state index is 12.0. The highest BCUT2D eigenvalue weighted by atomic mass is 16.4. The van der Waals surface area contributed by atoms with E-state index in [1.807, 2.05) is 11.8 Å². The summed E-state index contributed by atoms with van der Waals surface area (Å²) in [7, 11) is 0. The predicted molar refractivity (Wildman–Crippen MR) is 70.2 cm³/mol. The van der Waals surface area contributed by atoms with Gasteiger partial charge in [0, 0.05) is 25.9 Å². The lowest BCUT2D eigenvalue weighted by molar-refractivity contribution is -0.138. The van der Waals surface area contributed by atoms with Crippen molar-refractivity contribution in [3.8, 4) is 0 Å². The van der Waals surface area contributed by atoms with Crippen molar-refractivity contribution >= 4 is 11.9 Å². The Morgan fingerprint density at radius 2 is 2.17 bits per heavy atom. The van der Waals surface area contributed by atoms with Crippen LogP contribution in [0.5, 0.6) is 0 Å². The van der Waals surface area contributed by atoms with E-state index < -0.39 is 5.97 Å². The number of likely N-dealkylation sites (tertiary alicyclic amines) is 1. The second kappa shape index (κ2) is 7.39. The van der Waals surface area contributed by atoms with Crippen molar-refractivity contribution in [1.29, 1.82) is 0 Å². The monoisotopic (exact) mass is 255 g/mol. The zero-order valence-electron chi connectivity index (χ0n) is 11.5. The smallest absolute Gasteiger partial charge is 0.303 e. The normalized spacial score (nSPS) is 21.7. The molecular weight excluding hydrogens is 230 g/mol. The van der Waals surface area contributed by atoms with Crippen LogP contribution in [0.1, 0.15) is 52.4 Å². The van der Waals surface area contributed by atoms with Crippen molar-refractivity contribution in [3.05, 3.63) is 0 Å². The maximum atomic E-state index is 12.0. The quantitative estimate of drug-likeness (QED) is 0.793. The Bertz CT molecular complexity index is 291. The highest BCUT2D eigenvalue weighted by molar-refractivity contribution is 5.76. The number of aliphatic carboxylic acids is 1. The molecule has 1 heterocycles. The number of carboxylic acid groups (broad SMARTS) is 1. The van der Waals surface area contributed by atoms with Crippen LogP contribution in [-0.2, 0) is 9.59 Å².